The number of hydrogen-bond donors (Lipinski definition) is 1. The van der Waals surface area contributed by atoms with Crippen LogP contribution in [0.5, 0.6) is 0 Å². The van der Waals surface area contributed by atoms with Gasteiger partial charge in [0, 0.05) is 6.54 Å². The average molecular weight is 503 g/mol. The molecule has 3 aliphatic rings. The lowest BCUT2D eigenvalue weighted by atomic mass is 9.83. The third kappa shape index (κ3) is 4.48. The van der Waals surface area contributed by atoms with Crippen molar-refractivity contribution >= 4 is 40.5 Å². The average Bonchev–Trinajstić information content (AvgIpc) is 3.56. The van der Waals surface area contributed by atoms with Crippen molar-refractivity contribution in [2.24, 2.45) is 5.92 Å². The monoisotopic (exact) mass is 502 g/mol. The van der Waals surface area contributed by atoms with Gasteiger partial charge < -0.3 is 15.0 Å². The lowest BCUT2D eigenvalue weighted by Gasteiger charge is -2.34. The molecule has 1 saturated carbocycles. The molecule has 1 N–H and O–H groups in total. The highest BCUT2D eigenvalue weighted by molar-refractivity contribution is 7.17. The minimum absolute atomic E-state index is 0.0251. The maximum Gasteiger partial charge on any atom is 0.262 e. The van der Waals surface area contributed by atoms with Gasteiger partial charge in [0.2, 0.25) is 5.91 Å². The summed E-state index contributed by atoms with van der Waals surface area (Å²) < 4.78 is 5.54. The van der Waals surface area contributed by atoms with E-state index in [4.69, 9.17) is 16.3 Å². The van der Waals surface area contributed by atoms with E-state index in [2.05, 4.69) is 15.5 Å². The van der Waals surface area contributed by atoms with Crippen LogP contribution in [0.1, 0.15) is 47.5 Å². The van der Waals surface area contributed by atoms with Crippen LogP contribution in [-0.4, -0.2) is 69.4 Å². The number of thiophene rings is 1. The molecule has 4 heterocycles. The topological polar surface area (TPSA) is 101 Å². The van der Waals surface area contributed by atoms with E-state index in [0.29, 0.717) is 10.6 Å². The molecule has 2 aromatic heterocycles. The number of hydrogen-bond acceptors (Lipinski definition) is 7. The SMILES string of the molecule is Cc1ccc(-c2ccc(C(=O)NC(C(=O)N3C[C@H](Cl)[C@H]4OCC(=O)[C@H]43)C3CCCCC3)s2)nn1. The number of fused-ring (bicyclic) bond motifs is 1. The zero-order valence-corrected chi connectivity index (χ0v) is 20.5. The summed E-state index contributed by atoms with van der Waals surface area (Å²) in [6.07, 6.45) is 4.42. The summed E-state index contributed by atoms with van der Waals surface area (Å²) in [5.41, 5.74) is 1.52. The Labute approximate surface area is 207 Å². The number of ketones is 1. The number of halogens is 1. The zero-order valence-electron chi connectivity index (χ0n) is 18.9. The summed E-state index contributed by atoms with van der Waals surface area (Å²) in [5.74, 6) is -0.638. The van der Waals surface area contributed by atoms with Gasteiger partial charge in [0.25, 0.3) is 5.91 Å². The first-order valence-corrected chi connectivity index (χ1v) is 13.0. The number of Topliss-reactive ketones (excluding diaryl/α,β-unsaturated/α-hetero) is 1. The Morgan fingerprint density at radius 3 is 2.71 bits per heavy atom. The van der Waals surface area contributed by atoms with Crippen molar-refractivity contribution in [3.05, 3.63) is 34.8 Å². The number of aryl methyl sites for hydroxylation is 1. The summed E-state index contributed by atoms with van der Waals surface area (Å²) >= 11 is 7.73. The van der Waals surface area contributed by atoms with Crippen LogP contribution < -0.4 is 5.32 Å². The standard InChI is InChI=1S/C24H27ClN4O4S/c1-13-7-8-16(28-27-13)18-9-10-19(34-18)23(31)26-20(14-5-3-2-4-6-14)24(32)29-11-15(25)22-21(29)17(30)12-33-22/h7-10,14-15,20-22H,2-6,11-12H2,1H3,(H,26,31)/t15-,20?,21+,22+/m0/s1. The summed E-state index contributed by atoms with van der Waals surface area (Å²) in [7, 11) is 0. The summed E-state index contributed by atoms with van der Waals surface area (Å²) in [5, 5.41) is 10.9. The molecule has 8 nitrogen and oxygen atoms in total. The maximum atomic E-state index is 13.7. The first-order valence-electron chi connectivity index (χ1n) is 11.7. The van der Waals surface area contributed by atoms with Crippen molar-refractivity contribution < 1.29 is 19.1 Å². The van der Waals surface area contributed by atoms with Gasteiger partial charge in [-0.1, -0.05) is 19.3 Å². The number of aromatic nitrogens is 2. The molecule has 1 unspecified atom stereocenters. The predicted molar refractivity (Wildman–Crippen MR) is 128 cm³/mol. The van der Waals surface area contributed by atoms with Gasteiger partial charge in [-0.3, -0.25) is 14.4 Å². The molecular weight excluding hydrogens is 476 g/mol. The number of rotatable bonds is 5. The van der Waals surface area contributed by atoms with Gasteiger partial charge in [0.15, 0.2) is 5.78 Å². The van der Waals surface area contributed by atoms with Crippen LogP contribution in [0.15, 0.2) is 24.3 Å². The Bertz CT molecular complexity index is 1080. The quantitative estimate of drug-likeness (QED) is 0.631. The van der Waals surface area contributed by atoms with Crippen molar-refractivity contribution in [3.63, 3.8) is 0 Å². The number of alkyl halides is 1. The minimum atomic E-state index is -0.700. The Balaban J connectivity index is 1.36. The van der Waals surface area contributed by atoms with Gasteiger partial charge >= 0.3 is 0 Å². The second-order valence-corrected chi connectivity index (χ2v) is 10.9. The number of carbonyl (C=O) groups is 3. The smallest absolute Gasteiger partial charge is 0.262 e. The van der Waals surface area contributed by atoms with Crippen LogP contribution in [0.2, 0.25) is 0 Å². The van der Waals surface area contributed by atoms with Crippen LogP contribution in [0.4, 0.5) is 0 Å². The highest BCUT2D eigenvalue weighted by Gasteiger charge is 2.53. The third-order valence-corrected chi connectivity index (χ3v) is 8.45. The van der Waals surface area contributed by atoms with Crippen molar-refractivity contribution in [3.8, 4) is 10.6 Å². The van der Waals surface area contributed by atoms with Gasteiger partial charge in [0.1, 0.15) is 30.5 Å². The van der Waals surface area contributed by atoms with Gasteiger partial charge in [-0.2, -0.15) is 5.10 Å². The Morgan fingerprint density at radius 2 is 1.97 bits per heavy atom. The minimum Gasteiger partial charge on any atom is -0.366 e. The number of nitrogens with zero attached hydrogens (tertiary/aromatic N) is 3. The van der Waals surface area contributed by atoms with Crippen LogP contribution in [0.25, 0.3) is 10.6 Å². The Morgan fingerprint density at radius 1 is 1.18 bits per heavy atom. The molecule has 0 aromatic carbocycles. The van der Waals surface area contributed by atoms with E-state index in [-0.39, 0.29) is 36.7 Å². The molecule has 2 aromatic rings. The Kier molecular flexibility index (Phi) is 6.68. The van der Waals surface area contributed by atoms with E-state index < -0.39 is 23.6 Å². The molecule has 4 atom stereocenters. The largest absolute Gasteiger partial charge is 0.366 e. The molecule has 5 rings (SSSR count). The van der Waals surface area contributed by atoms with E-state index in [1.54, 1.807) is 11.0 Å². The van der Waals surface area contributed by atoms with Gasteiger partial charge in [-0.05, 0) is 49.9 Å². The Hall–Kier alpha value is -2.36. The first-order chi connectivity index (χ1) is 16.4. The number of amides is 2. The van der Waals surface area contributed by atoms with E-state index in [0.717, 1.165) is 42.7 Å². The molecular formula is C24H27ClN4O4S. The summed E-state index contributed by atoms with van der Waals surface area (Å²) in [6.45, 7) is 2.09. The van der Waals surface area contributed by atoms with Crippen molar-refractivity contribution in [2.75, 3.05) is 13.2 Å². The molecule has 2 saturated heterocycles. The second kappa shape index (κ2) is 9.71. The summed E-state index contributed by atoms with van der Waals surface area (Å²) in [4.78, 5) is 42.3. The summed E-state index contributed by atoms with van der Waals surface area (Å²) in [6, 6.07) is 5.97. The van der Waals surface area contributed by atoms with Gasteiger partial charge in [-0.15, -0.1) is 28.0 Å². The van der Waals surface area contributed by atoms with Crippen LogP contribution in [0.3, 0.4) is 0 Å². The van der Waals surface area contributed by atoms with E-state index >= 15 is 0 Å². The van der Waals surface area contributed by atoms with Crippen molar-refractivity contribution in [2.45, 2.75) is 62.6 Å². The maximum absolute atomic E-state index is 13.7. The molecule has 34 heavy (non-hydrogen) atoms. The number of ether oxygens (including phenoxy) is 1. The van der Waals surface area contributed by atoms with Crippen LogP contribution >= 0.6 is 22.9 Å². The molecule has 2 amide bonds. The fourth-order valence-electron chi connectivity index (χ4n) is 5.19. The number of nitrogens with one attached hydrogen (secondary N) is 1. The lowest BCUT2D eigenvalue weighted by Crippen LogP contribution is -2.55. The molecule has 180 valence electrons. The molecule has 0 spiro atoms. The molecule has 0 bridgehead atoms. The predicted octanol–water partition coefficient (Wildman–Crippen LogP) is 2.98. The zero-order chi connectivity index (χ0) is 23.8. The molecule has 3 fully saturated rings. The second-order valence-electron chi connectivity index (χ2n) is 9.27. The lowest BCUT2D eigenvalue weighted by molar-refractivity contribution is -0.139. The highest BCUT2D eigenvalue weighted by Crippen LogP contribution is 2.34. The van der Waals surface area contributed by atoms with Gasteiger partial charge in [0.05, 0.1) is 20.8 Å². The molecule has 2 aliphatic heterocycles. The molecule has 0 radical (unpaired) electrons. The van der Waals surface area contributed by atoms with Crippen molar-refractivity contribution in [1.29, 1.82) is 0 Å². The fourth-order valence-corrected chi connectivity index (χ4v) is 6.42. The third-order valence-electron chi connectivity index (χ3n) is 6.96. The van der Waals surface area contributed by atoms with E-state index in [9.17, 15) is 14.4 Å². The van der Waals surface area contributed by atoms with Crippen LogP contribution in [0, 0.1) is 12.8 Å². The van der Waals surface area contributed by atoms with E-state index in [1.165, 1.54) is 11.3 Å². The van der Waals surface area contributed by atoms with Crippen LogP contribution in [-0.2, 0) is 14.3 Å². The number of carbonyl (C=O) groups excluding carboxylic acids is 3. The first kappa shape index (κ1) is 23.4. The molecule has 10 heteroatoms. The fraction of sp³-hybridized carbons (Fsp3) is 0.542. The highest BCUT2D eigenvalue weighted by atomic mass is 35.5. The molecule has 1 aliphatic carbocycles. The van der Waals surface area contributed by atoms with Crippen molar-refractivity contribution in [1.82, 2.24) is 20.4 Å². The van der Waals surface area contributed by atoms with E-state index in [1.807, 2.05) is 25.1 Å². The number of likely N-dealkylation sites (tertiary alicyclic amines) is 1. The normalized spacial score (nSPS) is 25.9. The van der Waals surface area contributed by atoms with Gasteiger partial charge in [-0.25, -0.2) is 0 Å².